The van der Waals surface area contributed by atoms with Crippen molar-refractivity contribution in [1.82, 2.24) is 0 Å². The van der Waals surface area contributed by atoms with E-state index in [9.17, 15) is 4.79 Å². The molecule has 2 aromatic rings. The number of nitrogens with one attached hydrogen (secondary N) is 2. The Morgan fingerprint density at radius 3 is 2.54 bits per heavy atom. The first-order valence-electron chi connectivity index (χ1n) is 8.04. The minimum absolute atomic E-state index is 0.368. The minimum Gasteiger partial charge on any atom is -0.465 e. The van der Waals surface area contributed by atoms with Crippen molar-refractivity contribution >= 4 is 22.9 Å². The van der Waals surface area contributed by atoms with Crippen molar-refractivity contribution < 1.29 is 9.53 Å². The molecule has 0 atom stereocenters. The minimum atomic E-state index is -0.368. The normalized spacial score (nSPS) is 11.1. The summed E-state index contributed by atoms with van der Waals surface area (Å²) in [5, 5.41) is 0. The molecule has 0 aliphatic carbocycles. The van der Waals surface area contributed by atoms with Gasteiger partial charge in [0.25, 0.3) is 0 Å². The average Bonchev–Trinajstić information content (AvgIpc) is 2.60. The maximum Gasteiger partial charge on any atom is 0.340 e. The highest BCUT2D eigenvalue weighted by atomic mass is 16.5. The Labute approximate surface area is 143 Å². The van der Waals surface area contributed by atoms with E-state index in [2.05, 4.69) is 49.0 Å². The number of benzene rings is 2. The van der Waals surface area contributed by atoms with Crippen LogP contribution in [0, 0.1) is 6.92 Å². The molecule has 0 heterocycles. The molecule has 0 aromatic heterocycles. The second-order valence-electron chi connectivity index (χ2n) is 5.61. The number of hydrazine groups is 1. The highest BCUT2D eigenvalue weighted by molar-refractivity contribution is 5.95. The standard InChI is InChI=1S/C20H24N2O2/c1-5-8-14(2)16-12-11-15(3)19(13-16)22-21-18-10-7-6-9-17(18)20(23)24-4/h6-13,21-22H,5H2,1-4H3/b14-8-. The third kappa shape index (κ3) is 4.16. The zero-order chi connectivity index (χ0) is 17.5. The van der Waals surface area contributed by atoms with Gasteiger partial charge in [-0.15, -0.1) is 0 Å². The van der Waals surface area contributed by atoms with Gasteiger partial charge >= 0.3 is 5.97 Å². The van der Waals surface area contributed by atoms with E-state index in [0.29, 0.717) is 11.3 Å². The topological polar surface area (TPSA) is 50.4 Å². The van der Waals surface area contributed by atoms with Gasteiger partial charge in [0.1, 0.15) is 0 Å². The van der Waals surface area contributed by atoms with Crippen molar-refractivity contribution in [2.45, 2.75) is 27.2 Å². The first-order chi connectivity index (χ1) is 11.6. The fourth-order valence-corrected chi connectivity index (χ4v) is 2.44. The molecule has 4 nitrogen and oxygen atoms in total. The molecule has 0 saturated heterocycles. The number of ether oxygens (including phenoxy) is 1. The number of aryl methyl sites for hydroxylation is 1. The van der Waals surface area contributed by atoms with Crippen LogP contribution in [-0.2, 0) is 4.74 Å². The van der Waals surface area contributed by atoms with Crippen LogP contribution in [0.3, 0.4) is 0 Å². The van der Waals surface area contributed by atoms with E-state index >= 15 is 0 Å². The molecule has 0 saturated carbocycles. The van der Waals surface area contributed by atoms with Gasteiger partial charge in [-0.2, -0.15) is 0 Å². The summed E-state index contributed by atoms with van der Waals surface area (Å²) < 4.78 is 4.82. The van der Waals surface area contributed by atoms with Crippen LogP contribution in [0.15, 0.2) is 48.5 Å². The summed E-state index contributed by atoms with van der Waals surface area (Å²) in [6.07, 6.45) is 3.21. The molecule has 0 unspecified atom stereocenters. The second-order valence-corrected chi connectivity index (χ2v) is 5.61. The summed E-state index contributed by atoms with van der Waals surface area (Å²) in [6, 6.07) is 13.5. The highest BCUT2D eigenvalue weighted by Gasteiger charge is 2.11. The first-order valence-corrected chi connectivity index (χ1v) is 8.04. The lowest BCUT2D eigenvalue weighted by Gasteiger charge is -2.15. The number of anilines is 2. The molecule has 2 rings (SSSR count). The van der Waals surface area contributed by atoms with Crippen molar-refractivity contribution in [3.05, 3.63) is 65.2 Å². The number of esters is 1. The van der Waals surface area contributed by atoms with Crippen LogP contribution in [0.25, 0.3) is 5.57 Å². The molecular weight excluding hydrogens is 300 g/mol. The summed E-state index contributed by atoms with van der Waals surface area (Å²) in [4.78, 5) is 11.8. The summed E-state index contributed by atoms with van der Waals surface area (Å²) in [5.74, 6) is -0.368. The van der Waals surface area contributed by atoms with Gasteiger partial charge in [0, 0.05) is 0 Å². The van der Waals surface area contributed by atoms with Crippen LogP contribution < -0.4 is 10.9 Å². The van der Waals surface area contributed by atoms with Crippen molar-refractivity contribution in [2.75, 3.05) is 18.0 Å². The second kappa shape index (κ2) is 8.20. The van der Waals surface area contributed by atoms with E-state index in [1.54, 1.807) is 6.07 Å². The number of rotatable bonds is 6. The Kier molecular flexibility index (Phi) is 6.01. The number of para-hydroxylation sites is 1. The molecule has 0 fully saturated rings. The van der Waals surface area contributed by atoms with Crippen molar-refractivity contribution in [1.29, 1.82) is 0 Å². The van der Waals surface area contributed by atoms with Gasteiger partial charge in [0.15, 0.2) is 0 Å². The number of allylic oxidation sites excluding steroid dienone is 2. The Balaban J connectivity index is 2.22. The lowest BCUT2D eigenvalue weighted by molar-refractivity contribution is 0.0602. The fraction of sp³-hybridized carbons (Fsp3) is 0.250. The van der Waals surface area contributed by atoms with Gasteiger partial charge < -0.3 is 15.6 Å². The van der Waals surface area contributed by atoms with Crippen LogP contribution in [0.1, 0.15) is 41.8 Å². The monoisotopic (exact) mass is 324 g/mol. The molecule has 0 aliphatic heterocycles. The lowest BCUT2D eigenvalue weighted by atomic mass is 10.0. The summed E-state index contributed by atoms with van der Waals surface area (Å²) in [5.41, 5.74) is 12.0. The SMILES string of the molecule is CC/C=C(/C)c1ccc(C)c(NNc2ccccc2C(=O)OC)c1. The molecule has 4 heteroatoms. The molecule has 0 amide bonds. The number of methoxy groups -OCH3 is 1. The van der Waals surface area contributed by atoms with Crippen LogP contribution in [0.5, 0.6) is 0 Å². The fourth-order valence-electron chi connectivity index (χ4n) is 2.44. The third-order valence-corrected chi connectivity index (χ3v) is 3.87. The maximum atomic E-state index is 11.8. The molecule has 2 aromatic carbocycles. The van der Waals surface area contributed by atoms with E-state index in [1.165, 1.54) is 18.2 Å². The third-order valence-electron chi connectivity index (χ3n) is 3.87. The summed E-state index contributed by atoms with van der Waals surface area (Å²) >= 11 is 0. The Hall–Kier alpha value is -2.75. The molecular formula is C20H24N2O2. The van der Waals surface area contributed by atoms with E-state index in [0.717, 1.165) is 17.7 Å². The first kappa shape index (κ1) is 17.6. The number of hydrogen-bond donors (Lipinski definition) is 2. The van der Waals surface area contributed by atoms with Crippen LogP contribution in [-0.4, -0.2) is 13.1 Å². The zero-order valence-corrected chi connectivity index (χ0v) is 14.6. The van der Waals surface area contributed by atoms with E-state index in [-0.39, 0.29) is 5.97 Å². The molecule has 0 aliphatic rings. The van der Waals surface area contributed by atoms with Gasteiger partial charge in [-0.25, -0.2) is 4.79 Å². The van der Waals surface area contributed by atoms with Crippen LogP contribution in [0.2, 0.25) is 0 Å². The predicted molar refractivity (Wildman–Crippen MR) is 100 cm³/mol. The number of carbonyl (C=O) groups is 1. The number of carbonyl (C=O) groups excluding carboxylic acids is 1. The van der Waals surface area contributed by atoms with Gasteiger partial charge in [0.05, 0.1) is 24.0 Å². The molecule has 24 heavy (non-hydrogen) atoms. The van der Waals surface area contributed by atoms with E-state index in [1.807, 2.05) is 25.1 Å². The van der Waals surface area contributed by atoms with E-state index in [4.69, 9.17) is 4.74 Å². The highest BCUT2D eigenvalue weighted by Crippen LogP contribution is 2.23. The van der Waals surface area contributed by atoms with Gasteiger partial charge in [-0.1, -0.05) is 37.3 Å². The van der Waals surface area contributed by atoms with Crippen LogP contribution in [0.4, 0.5) is 11.4 Å². The number of hydrogen-bond acceptors (Lipinski definition) is 4. The van der Waals surface area contributed by atoms with Crippen molar-refractivity contribution in [3.63, 3.8) is 0 Å². The Morgan fingerprint density at radius 2 is 1.83 bits per heavy atom. The quantitative estimate of drug-likeness (QED) is 0.578. The van der Waals surface area contributed by atoms with Gasteiger partial charge in [-0.3, -0.25) is 0 Å². The predicted octanol–water partition coefficient (Wildman–Crippen LogP) is 5.03. The molecule has 2 N–H and O–H groups in total. The average molecular weight is 324 g/mol. The molecule has 0 spiro atoms. The Morgan fingerprint density at radius 1 is 1.12 bits per heavy atom. The maximum absolute atomic E-state index is 11.8. The van der Waals surface area contributed by atoms with Gasteiger partial charge in [0.2, 0.25) is 0 Å². The van der Waals surface area contributed by atoms with Crippen molar-refractivity contribution in [3.8, 4) is 0 Å². The smallest absolute Gasteiger partial charge is 0.340 e. The van der Waals surface area contributed by atoms with Crippen LogP contribution >= 0.6 is 0 Å². The molecule has 0 radical (unpaired) electrons. The summed E-state index contributed by atoms with van der Waals surface area (Å²) in [6.45, 7) is 6.28. The molecule has 0 bridgehead atoms. The lowest BCUT2D eigenvalue weighted by Crippen LogP contribution is -2.14. The largest absolute Gasteiger partial charge is 0.465 e. The van der Waals surface area contributed by atoms with Crippen molar-refractivity contribution in [2.24, 2.45) is 0 Å². The zero-order valence-electron chi connectivity index (χ0n) is 14.6. The van der Waals surface area contributed by atoms with E-state index < -0.39 is 0 Å². The summed E-state index contributed by atoms with van der Waals surface area (Å²) in [7, 11) is 1.38. The molecule has 126 valence electrons. The Bertz CT molecular complexity index is 751. The van der Waals surface area contributed by atoms with Gasteiger partial charge in [-0.05, 0) is 55.2 Å².